The average Bonchev–Trinajstić information content (AvgIpc) is 2.25. The molecule has 0 saturated carbocycles. The highest BCUT2D eigenvalue weighted by atomic mass is 16.2. The fourth-order valence-electron chi connectivity index (χ4n) is 1.53. The predicted molar refractivity (Wildman–Crippen MR) is 63.5 cm³/mol. The first-order valence-electron chi connectivity index (χ1n) is 5.41. The molecular formula is C13H17NO2. The molecule has 86 valence electrons. The molecule has 1 N–H and O–H groups in total. The van der Waals surface area contributed by atoms with Crippen molar-refractivity contribution in [2.45, 2.75) is 27.2 Å². The monoisotopic (exact) mass is 219 g/mol. The van der Waals surface area contributed by atoms with Crippen LogP contribution < -0.4 is 5.32 Å². The normalized spacial score (nSPS) is 9.94. The Bertz CT molecular complexity index is 410. The highest BCUT2D eigenvalue weighted by Gasteiger charge is 2.09. The van der Waals surface area contributed by atoms with E-state index in [4.69, 9.17) is 0 Å². The van der Waals surface area contributed by atoms with Crippen molar-refractivity contribution in [1.29, 1.82) is 0 Å². The number of amides is 1. The number of carbonyl (C=O) groups is 2. The molecule has 3 heteroatoms. The molecule has 0 atom stereocenters. The Balaban J connectivity index is 2.70. The van der Waals surface area contributed by atoms with Crippen LogP contribution >= 0.6 is 0 Å². The third kappa shape index (κ3) is 3.19. The van der Waals surface area contributed by atoms with Gasteiger partial charge in [-0.25, -0.2) is 0 Å². The lowest BCUT2D eigenvalue weighted by atomic mass is 10.0. The Hall–Kier alpha value is -1.64. The number of carbonyl (C=O) groups excluding carboxylic acids is 2. The molecule has 0 unspecified atom stereocenters. The summed E-state index contributed by atoms with van der Waals surface area (Å²) in [6, 6.07) is 5.68. The van der Waals surface area contributed by atoms with Gasteiger partial charge < -0.3 is 5.32 Å². The molecule has 1 amide bonds. The molecule has 0 aromatic heterocycles. The van der Waals surface area contributed by atoms with Crippen LogP contribution in [0.3, 0.4) is 0 Å². The maximum absolute atomic E-state index is 11.8. The van der Waals surface area contributed by atoms with Crippen molar-refractivity contribution in [3.8, 4) is 0 Å². The van der Waals surface area contributed by atoms with Gasteiger partial charge >= 0.3 is 0 Å². The van der Waals surface area contributed by atoms with Gasteiger partial charge in [-0.2, -0.15) is 0 Å². The number of ketones is 1. The molecular weight excluding hydrogens is 202 g/mol. The van der Waals surface area contributed by atoms with E-state index in [1.165, 1.54) is 0 Å². The van der Waals surface area contributed by atoms with E-state index in [9.17, 15) is 9.59 Å². The van der Waals surface area contributed by atoms with Crippen LogP contribution in [-0.4, -0.2) is 18.2 Å². The summed E-state index contributed by atoms with van der Waals surface area (Å²) in [7, 11) is 0. The second-order valence-corrected chi connectivity index (χ2v) is 3.87. The van der Waals surface area contributed by atoms with E-state index in [-0.39, 0.29) is 18.2 Å². The van der Waals surface area contributed by atoms with Gasteiger partial charge in [-0.1, -0.05) is 30.7 Å². The molecule has 0 bridgehead atoms. The second-order valence-electron chi connectivity index (χ2n) is 3.87. The van der Waals surface area contributed by atoms with E-state index in [1.54, 1.807) is 6.92 Å². The van der Waals surface area contributed by atoms with E-state index in [2.05, 4.69) is 5.32 Å². The largest absolute Gasteiger partial charge is 0.349 e. The minimum absolute atomic E-state index is 0.0423. The van der Waals surface area contributed by atoms with Crippen molar-refractivity contribution in [3.63, 3.8) is 0 Å². The molecule has 0 aliphatic heterocycles. The van der Waals surface area contributed by atoms with Gasteiger partial charge in [-0.05, 0) is 19.4 Å². The van der Waals surface area contributed by atoms with E-state index in [1.807, 2.05) is 32.0 Å². The van der Waals surface area contributed by atoms with Crippen molar-refractivity contribution in [3.05, 3.63) is 34.9 Å². The Kier molecular flexibility index (Phi) is 4.23. The number of aryl methyl sites for hydroxylation is 2. The predicted octanol–water partition coefficient (Wildman–Crippen LogP) is 2.01. The first-order valence-corrected chi connectivity index (χ1v) is 5.41. The summed E-state index contributed by atoms with van der Waals surface area (Å²) in [5.74, 6) is -0.141. The third-order valence-electron chi connectivity index (χ3n) is 2.45. The average molecular weight is 219 g/mol. The van der Waals surface area contributed by atoms with Gasteiger partial charge in [0.25, 0.3) is 0 Å². The molecule has 0 fully saturated rings. The number of Topliss-reactive ketones (excluding diaryl/α,β-unsaturated/α-hetero) is 1. The number of benzene rings is 1. The summed E-state index contributed by atoms with van der Waals surface area (Å²) in [5.41, 5.74) is 2.77. The van der Waals surface area contributed by atoms with Crippen LogP contribution in [0.2, 0.25) is 0 Å². The minimum Gasteiger partial charge on any atom is -0.349 e. The van der Waals surface area contributed by atoms with Crippen molar-refractivity contribution in [2.24, 2.45) is 0 Å². The van der Waals surface area contributed by atoms with Gasteiger partial charge in [0.2, 0.25) is 5.91 Å². The molecule has 1 aromatic rings. The molecule has 0 radical (unpaired) electrons. The number of nitrogens with one attached hydrogen (secondary N) is 1. The van der Waals surface area contributed by atoms with Gasteiger partial charge in [0.05, 0.1) is 6.54 Å². The SMILES string of the molecule is CCC(=O)NCC(=O)c1ccc(C)cc1C. The summed E-state index contributed by atoms with van der Waals surface area (Å²) in [6.45, 7) is 5.73. The van der Waals surface area contributed by atoms with E-state index >= 15 is 0 Å². The molecule has 1 rings (SSSR count). The maximum Gasteiger partial charge on any atom is 0.220 e. The lowest BCUT2D eigenvalue weighted by Crippen LogP contribution is -2.29. The second kappa shape index (κ2) is 5.45. The lowest BCUT2D eigenvalue weighted by molar-refractivity contribution is -0.120. The fourth-order valence-corrected chi connectivity index (χ4v) is 1.53. The van der Waals surface area contributed by atoms with Crippen molar-refractivity contribution < 1.29 is 9.59 Å². The zero-order valence-corrected chi connectivity index (χ0v) is 9.96. The topological polar surface area (TPSA) is 46.2 Å². The first-order chi connectivity index (χ1) is 7.54. The quantitative estimate of drug-likeness (QED) is 0.787. The Labute approximate surface area is 95.9 Å². The van der Waals surface area contributed by atoms with Gasteiger partial charge in [-0.3, -0.25) is 9.59 Å². The van der Waals surface area contributed by atoms with Gasteiger partial charge in [0.15, 0.2) is 5.78 Å². The van der Waals surface area contributed by atoms with Crippen LogP contribution in [0.4, 0.5) is 0 Å². The van der Waals surface area contributed by atoms with E-state index in [0.717, 1.165) is 11.1 Å². The molecule has 16 heavy (non-hydrogen) atoms. The summed E-state index contributed by atoms with van der Waals surface area (Å²) in [5, 5.41) is 2.58. The highest BCUT2D eigenvalue weighted by Crippen LogP contribution is 2.10. The van der Waals surface area contributed by atoms with Crippen LogP contribution in [0.15, 0.2) is 18.2 Å². The number of rotatable bonds is 4. The summed E-state index contributed by atoms with van der Waals surface area (Å²) in [6.07, 6.45) is 0.403. The summed E-state index contributed by atoms with van der Waals surface area (Å²) in [4.78, 5) is 22.8. The molecule has 0 saturated heterocycles. The molecule has 3 nitrogen and oxygen atoms in total. The van der Waals surface area contributed by atoms with Crippen molar-refractivity contribution in [2.75, 3.05) is 6.54 Å². The highest BCUT2D eigenvalue weighted by molar-refractivity contribution is 6.00. The minimum atomic E-state index is -0.0990. The van der Waals surface area contributed by atoms with Crippen LogP contribution in [-0.2, 0) is 4.79 Å². The summed E-state index contributed by atoms with van der Waals surface area (Å²) < 4.78 is 0. The van der Waals surface area contributed by atoms with E-state index in [0.29, 0.717) is 12.0 Å². The number of hydrogen-bond donors (Lipinski definition) is 1. The Morgan fingerprint density at radius 2 is 1.94 bits per heavy atom. The maximum atomic E-state index is 11.8. The van der Waals surface area contributed by atoms with Crippen molar-refractivity contribution >= 4 is 11.7 Å². The molecule has 1 aromatic carbocycles. The zero-order valence-electron chi connectivity index (χ0n) is 9.96. The number of hydrogen-bond acceptors (Lipinski definition) is 2. The Morgan fingerprint density at radius 3 is 2.50 bits per heavy atom. The molecule has 0 heterocycles. The van der Waals surface area contributed by atoms with Crippen LogP contribution in [0.5, 0.6) is 0 Å². The van der Waals surface area contributed by atoms with Gasteiger partial charge in [-0.15, -0.1) is 0 Å². The van der Waals surface area contributed by atoms with Gasteiger partial charge in [0.1, 0.15) is 0 Å². The Morgan fingerprint density at radius 1 is 1.25 bits per heavy atom. The van der Waals surface area contributed by atoms with Gasteiger partial charge in [0, 0.05) is 12.0 Å². The van der Waals surface area contributed by atoms with Crippen LogP contribution in [0.1, 0.15) is 34.8 Å². The zero-order chi connectivity index (χ0) is 12.1. The van der Waals surface area contributed by atoms with Crippen molar-refractivity contribution in [1.82, 2.24) is 5.32 Å². The van der Waals surface area contributed by atoms with Crippen LogP contribution in [0, 0.1) is 13.8 Å². The third-order valence-corrected chi connectivity index (χ3v) is 2.45. The first kappa shape index (κ1) is 12.4. The molecule has 0 aliphatic carbocycles. The molecule has 0 aliphatic rings. The van der Waals surface area contributed by atoms with Crippen LogP contribution in [0.25, 0.3) is 0 Å². The lowest BCUT2D eigenvalue weighted by Gasteiger charge is -2.06. The smallest absolute Gasteiger partial charge is 0.220 e. The molecule has 0 spiro atoms. The fraction of sp³-hybridized carbons (Fsp3) is 0.385. The summed E-state index contributed by atoms with van der Waals surface area (Å²) >= 11 is 0. The standard InChI is InChI=1S/C13H17NO2/c1-4-13(16)14-8-12(15)11-6-5-9(2)7-10(11)3/h5-7H,4,8H2,1-3H3,(H,14,16). The van der Waals surface area contributed by atoms with E-state index < -0.39 is 0 Å².